The van der Waals surface area contributed by atoms with Crippen LogP contribution in [0.1, 0.15) is 5.56 Å². The van der Waals surface area contributed by atoms with Crippen LogP contribution in [0.2, 0.25) is 0 Å². The molecule has 0 aliphatic carbocycles. The Morgan fingerprint density at radius 2 is 0.925 bits per heavy atom. The summed E-state index contributed by atoms with van der Waals surface area (Å²) in [6, 6.07) is 52.1. The van der Waals surface area contributed by atoms with Gasteiger partial charge in [-0.3, -0.25) is 0 Å². The molecule has 1 heteroatoms. The molecule has 0 saturated carbocycles. The number of nitrogens with zero attached hydrogens (tertiary/aromatic N) is 1. The van der Waals surface area contributed by atoms with Crippen molar-refractivity contribution in [3.63, 3.8) is 0 Å². The highest BCUT2D eigenvalue weighted by Crippen LogP contribution is 2.40. The summed E-state index contributed by atoms with van der Waals surface area (Å²) in [4.78, 5) is 0. The zero-order chi connectivity index (χ0) is 26.6. The van der Waals surface area contributed by atoms with Gasteiger partial charge in [0.2, 0.25) is 0 Å². The number of hydrogen-bond acceptors (Lipinski definition) is 1. The minimum atomic E-state index is 0.671. The minimum absolute atomic E-state index is 0.671. The third-order valence-electron chi connectivity index (χ3n) is 8.22. The summed E-state index contributed by atoms with van der Waals surface area (Å²) in [5, 5.41) is 19.7. The Morgan fingerprint density at radius 3 is 1.62 bits per heavy atom. The SMILES string of the molecule is N#Cc1cccc(-c2ccccc2-c2ccc3cc(-c4ccc5ccc6cccc7ccc4c5c67)ccc3c2)c1. The van der Waals surface area contributed by atoms with Crippen LogP contribution < -0.4 is 0 Å². The van der Waals surface area contributed by atoms with Gasteiger partial charge in [0.25, 0.3) is 0 Å². The van der Waals surface area contributed by atoms with Crippen LogP contribution >= 0.6 is 0 Å². The molecule has 0 aliphatic heterocycles. The molecular formula is C39H23N. The summed E-state index contributed by atoms with van der Waals surface area (Å²) < 4.78 is 0. The second-order valence-corrected chi connectivity index (χ2v) is 10.5. The number of hydrogen-bond donors (Lipinski definition) is 0. The van der Waals surface area contributed by atoms with Crippen molar-refractivity contribution >= 4 is 43.1 Å². The van der Waals surface area contributed by atoms with E-state index in [4.69, 9.17) is 0 Å². The van der Waals surface area contributed by atoms with E-state index in [1.807, 2.05) is 18.2 Å². The van der Waals surface area contributed by atoms with Crippen LogP contribution in [-0.4, -0.2) is 0 Å². The van der Waals surface area contributed by atoms with Crippen molar-refractivity contribution in [2.24, 2.45) is 0 Å². The van der Waals surface area contributed by atoms with Crippen molar-refractivity contribution in [1.29, 1.82) is 5.26 Å². The van der Waals surface area contributed by atoms with Gasteiger partial charge in [-0.1, -0.05) is 115 Å². The highest BCUT2D eigenvalue weighted by atomic mass is 14.2. The molecule has 0 aromatic heterocycles. The van der Waals surface area contributed by atoms with Gasteiger partial charge >= 0.3 is 0 Å². The monoisotopic (exact) mass is 505 g/mol. The van der Waals surface area contributed by atoms with E-state index in [9.17, 15) is 5.26 Å². The second-order valence-electron chi connectivity index (χ2n) is 10.5. The molecule has 0 heterocycles. The van der Waals surface area contributed by atoms with Crippen LogP contribution in [0, 0.1) is 11.3 Å². The number of benzene rings is 8. The van der Waals surface area contributed by atoms with E-state index in [2.05, 4.69) is 127 Å². The lowest BCUT2D eigenvalue weighted by Crippen LogP contribution is -1.88. The van der Waals surface area contributed by atoms with E-state index in [1.165, 1.54) is 59.8 Å². The van der Waals surface area contributed by atoms with Crippen LogP contribution in [-0.2, 0) is 0 Å². The van der Waals surface area contributed by atoms with Gasteiger partial charge < -0.3 is 0 Å². The first-order valence-corrected chi connectivity index (χ1v) is 13.6. The minimum Gasteiger partial charge on any atom is -0.192 e. The quantitative estimate of drug-likeness (QED) is 0.219. The van der Waals surface area contributed by atoms with Crippen molar-refractivity contribution in [2.45, 2.75) is 0 Å². The van der Waals surface area contributed by atoms with Crippen LogP contribution in [0.5, 0.6) is 0 Å². The van der Waals surface area contributed by atoms with Crippen LogP contribution in [0.3, 0.4) is 0 Å². The topological polar surface area (TPSA) is 23.8 Å². The third-order valence-corrected chi connectivity index (χ3v) is 8.22. The number of fused-ring (bicyclic) bond motifs is 1. The van der Waals surface area contributed by atoms with E-state index >= 15 is 0 Å². The first-order valence-electron chi connectivity index (χ1n) is 13.6. The summed E-state index contributed by atoms with van der Waals surface area (Å²) in [5.74, 6) is 0. The van der Waals surface area contributed by atoms with Crippen LogP contribution in [0.25, 0.3) is 76.5 Å². The lowest BCUT2D eigenvalue weighted by molar-refractivity contribution is 1.48. The Kier molecular flexibility index (Phi) is 4.96. The first-order chi connectivity index (χ1) is 19.8. The van der Waals surface area contributed by atoms with Crippen LogP contribution in [0.15, 0.2) is 140 Å². The smallest absolute Gasteiger partial charge is 0.0991 e. The Bertz CT molecular complexity index is 2270. The van der Waals surface area contributed by atoms with E-state index in [0.717, 1.165) is 16.7 Å². The molecule has 40 heavy (non-hydrogen) atoms. The Balaban J connectivity index is 1.25. The fourth-order valence-electron chi connectivity index (χ4n) is 6.31. The molecule has 0 spiro atoms. The molecule has 0 radical (unpaired) electrons. The molecule has 0 N–H and O–H groups in total. The number of nitriles is 1. The van der Waals surface area contributed by atoms with Gasteiger partial charge in [0.1, 0.15) is 0 Å². The van der Waals surface area contributed by atoms with E-state index in [1.54, 1.807) is 0 Å². The molecule has 0 aliphatic rings. The standard InChI is InChI=1S/C39H23N/c40-24-25-5-3-8-31(21-25)34-9-1-2-10-35(34)32-15-13-30-23-33(16-14-29(30)22-32)36-19-17-28-12-11-26-6-4-7-27-18-20-37(36)39(28)38(26)27/h1-23H. The highest BCUT2D eigenvalue weighted by molar-refractivity contribution is 6.25. The van der Waals surface area contributed by atoms with Gasteiger partial charge in [0.15, 0.2) is 0 Å². The van der Waals surface area contributed by atoms with Crippen molar-refractivity contribution < 1.29 is 0 Å². The maximum atomic E-state index is 9.40. The van der Waals surface area contributed by atoms with E-state index < -0.39 is 0 Å². The molecule has 8 aromatic carbocycles. The van der Waals surface area contributed by atoms with Gasteiger partial charge in [0, 0.05) is 0 Å². The molecule has 8 aromatic rings. The molecule has 0 unspecified atom stereocenters. The van der Waals surface area contributed by atoms with E-state index in [0.29, 0.717) is 5.56 Å². The second kappa shape index (κ2) is 8.80. The zero-order valence-corrected chi connectivity index (χ0v) is 21.7. The Hall–Kier alpha value is -5.45. The fraction of sp³-hybridized carbons (Fsp3) is 0. The predicted octanol–water partition coefficient (Wildman–Crippen LogP) is 10.6. The molecule has 0 saturated heterocycles. The van der Waals surface area contributed by atoms with Gasteiger partial charge in [0.05, 0.1) is 11.6 Å². The van der Waals surface area contributed by atoms with Gasteiger partial charge in [-0.05, 0) is 101 Å². The van der Waals surface area contributed by atoms with Crippen molar-refractivity contribution in [2.75, 3.05) is 0 Å². The Labute approximate surface area is 232 Å². The summed E-state index contributed by atoms with van der Waals surface area (Å²) in [7, 11) is 0. The average Bonchev–Trinajstić information content (AvgIpc) is 3.03. The summed E-state index contributed by atoms with van der Waals surface area (Å²) >= 11 is 0. The van der Waals surface area contributed by atoms with E-state index in [-0.39, 0.29) is 0 Å². The zero-order valence-electron chi connectivity index (χ0n) is 21.7. The molecular weight excluding hydrogens is 482 g/mol. The maximum Gasteiger partial charge on any atom is 0.0991 e. The molecule has 0 fully saturated rings. The fourth-order valence-corrected chi connectivity index (χ4v) is 6.31. The normalized spacial score (nSPS) is 11.5. The highest BCUT2D eigenvalue weighted by Gasteiger charge is 2.13. The van der Waals surface area contributed by atoms with Gasteiger partial charge in [-0.25, -0.2) is 0 Å². The number of rotatable bonds is 3. The average molecular weight is 506 g/mol. The largest absolute Gasteiger partial charge is 0.192 e. The molecule has 0 atom stereocenters. The van der Waals surface area contributed by atoms with Crippen molar-refractivity contribution in [3.05, 3.63) is 145 Å². The lowest BCUT2D eigenvalue weighted by atomic mass is 9.89. The maximum absolute atomic E-state index is 9.40. The molecule has 8 rings (SSSR count). The van der Waals surface area contributed by atoms with Gasteiger partial charge in [-0.15, -0.1) is 0 Å². The summed E-state index contributed by atoms with van der Waals surface area (Å²) in [6.45, 7) is 0. The summed E-state index contributed by atoms with van der Waals surface area (Å²) in [5.41, 5.74) is 7.68. The summed E-state index contributed by atoms with van der Waals surface area (Å²) in [6.07, 6.45) is 0. The van der Waals surface area contributed by atoms with Crippen LogP contribution in [0.4, 0.5) is 0 Å². The molecule has 0 bridgehead atoms. The Morgan fingerprint density at radius 1 is 0.375 bits per heavy atom. The third kappa shape index (κ3) is 3.48. The molecule has 1 nitrogen and oxygen atoms in total. The first kappa shape index (κ1) is 22.5. The van der Waals surface area contributed by atoms with Gasteiger partial charge in [-0.2, -0.15) is 5.26 Å². The molecule has 184 valence electrons. The predicted molar refractivity (Wildman–Crippen MR) is 169 cm³/mol. The van der Waals surface area contributed by atoms with Crippen molar-refractivity contribution in [1.82, 2.24) is 0 Å². The van der Waals surface area contributed by atoms with Crippen molar-refractivity contribution in [3.8, 4) is 39.4 Å². The lowest BCUT2D eigenvalue weighted by Gasteiger charge is -2.15. The molecule has 0 amide bonds.